The average Bonchev–Trinajstić information content (AvgIpc) is 2.80. The van der Waals surface area contributed by atoms with Crippen molar-refractivity contribution in [1.29, 1.82) is 0 Å². The minimum atomic E-state index is -0.00936. The topological polar surface area (TPSA) is 40.0 Å². The van der Waals surface area contributed by atoms with E-state index in [0.717, 1.165) is 35.8 Å². The van der Waals surface area contributed by atoms with Gasteiger partial charge in [-0.2, -0.15) is 0 Å². The van der Waals surface area contributed by atoms with Crippen LogP contribution in [-0.4, -0.2) is 32.1 Å². The average molecular weight is 422 g/mol. The monoisotopic (exact) mass is 421 g/mol. The Morgan fingerprint density at radius 2 is 1.65 bits per heavy atom. The fourth-order valence-electron chi connectivity index (χ4n) is 3.40. The number of rotatable bonds is 12. The van der Waals surface area contributed by atoms with E-state index in [4.69, 9.17) is 14.2 Å². The summed E-state index contributed by atoms with van der Waals surface area (Å²) in [4.78, 5) is 4.56. The largest absolute Gasteiger partial charge is 0.494 e. The van der Waals surface area contributed by atoms with Gasteiger partial charge in [0.1, 0.15) is 17.6 Å². The van der Waals surface area contributed by atoms with Crippen molar-refractivity contribution < 1.29 is 14.2 Å². The third kappa shape index (κ3) is 8.22. The van der Waals surface area contributed by atoms with Crippen LogP contribution in [0.4, 0.5) is 5.69 Å². The molecule has 31 heavy (non-hydrogen) atoms. The maximum Gasteiger partial charge on any atom is 0.143 e. The summed E-state index contributed by atoms with van der Waals surface area (Å²) in [6.45, 7) is 6.38. The Hall–Kier alpha value is -2.59. The van der Waals surface area contributed by atoms with E-state index in [2.05, 4.69) is 24.9 Å². The molecule has 1 aliphatic heterocycles. The van der Waals surface area contributed by atoms with Gasteiger partial charge in [0, 0.05) is 6.21 Å². The predicted octanol–water partition coefficient (Wildman–Crippen LogP) is 6.90. The van der Waals surface area contributed by atoms with Gasteiger partial charge in [0.15, 0.2) is 0 Å². The molecule has 0 fully saturated rings. The summed E-state index contributed by atoms with van der Waals surface area (Å²) >= 11 is 0. The first-order valence-corrected chi connectivity index (χ1v) is 11.5. The van der Waals surface area contributed by atoms with Gasteiger partial charge in [-0.3, -0.25) is 4.99 Å². The molecule has 0 spiro atoms. The van der Waals surface area contributed by atoms with Crippen molar-refractivity contribution in [3.63, 3.8) is 0 Å². The van der Waals surface area contributed by atoms with Crippen LogP contribution >= 0.6 is 0 Å². The third-order valence-corrected chi connectivity index (χ3v) is 5.42. The normalized spacial score (nSPS) is 16.3. The van der Waals surface area contributed by atoms with Crippen LogP contribution in [-0.2, 0) is 4.74 Å². The van der Waals surface area contributed by atoms with Gasteiger partial charge in [-0.25, -0.2) is 0 Å². The summed E-state index contributed by atoms with van der Waals surface area (Å²) in [5, 5.41) is 0. The molecule has 2 aromatic rings. The Kier molecular flexibility index (Phi) is 9.65. The molecule has 3 rings (SSSR count). The fraction of sp³-hybridized carbons (Fsp3) is 0.444. The number of hydrogen-bond acceptors (Lipinski definition) is 4. The van der Waals surface area contributed by atoms with Gasteiger partial charge in [-0.15, -0.1) is 0 Å². The number of unbranched alkanes of at least 4 members (excludes halogenated alkanes) is 5. The highest BCUT2D eigenvalue weighted by Crippen LogP contribution is 2.22. The number of hydrogen-bond donors (Lipinski definition) is 0. The molecule has 0 radical (unpaired) electrons. The molecule has 0 saturated carbocycles. The lowest BCUT2D eigenvalue weighted by Crippen LogP contribution is -2.28. The maximum absolute atomic E-state index is 6.00. The number of benzene rings is 2. The molecule has 2 aromatic carbocycles. The van der Waals surface area contributed by atoms with Gasteiger partial charge in [0.05, 0.1) is 25.5 Å². The van der Waals surface area contributed by atoms with E-state index in [1.54, 1.807) is 0 Å². The summed E-state index contributed by atoms with van der Waals surface area (Å²) < 4.78 is 17.3. The first-order chi connectivity index (χ1) is 15.2. The van der Waals surface area contributed by atoms with Crippen LogP contribution < -0.4 is 9.47 Å². The van der Waals surface area contributed by atoms with Crippen LogP contribution in [0.5, 0.6) is 11.5 Å². The van der Waals surface area contributed by atoms with E-state index in [0.29, 0.717) is 13.2 Å². The number of aliphatic imine (C=N–C) groups is 1. The van der Waals surface area contributed by atoms with Crippen LogP contribution in [0.1, 0.15) is 57.9 Å². The van der Waals surface area contributed by atoms with E-state index in [1.807, 2.05) is 54.7 Å². The van der Waals surface area contributed by atoms with Crippen molar-refractivity contribution in [2.45, 2.75) is 58.5 Å². The molecule has 0 saturated heterocycles. The van der Waals surface area contributed by atoms with Crippen molar-refractivity contribution in [3.05, 3.63) is 65.7 Å². The fourth-order valence-corrected chi connectivity index (χ4v) is 3.40. The molecule has 1 heterocycles. The highest BCUT2D eigenvalue weighted by Gasteiger charge is 2.16. The van der Waals surface area contributed by atoms with Crippen molar-refractivity contribution in [1.82, 2.24) is 0 Å². The molecule has 0 amide bonds. The Bertz CT molecular complexity index is 825. The molecule has 4 nitrogen and oxygen atoms in total. The lowest BCUT2D eigenvalue weighted by atomic mass is 10.1. The van der Waals surface area contributed by atoms with Crippen LogP contribution in [0, 0.1) is 0 Å². The Morgan fingerprint density at radius 1 is 0.935 bits per heavy atom. The second-order valence-corrected chi connectivity index (χ2v) is 8.03. The SMILES string of the molecule is CCCCCCCCOc1ccc(C=Nc2ccc(O[C@@H]3COCC=C3C)cc2)cc1. The minimum Gasteiger partial charge on any atom is -0.494 e. The highest BCUT2D eigenvalue weighted by atomic mass is 16.5. The first kappa shape index (κ1) is 23.1. The van der Waals surface area contributed by atoms with E-state index < -0.39 is 0 Å². The van der Waals surface area contributed by atoms with Crippen LogP contribution in [0.3, 0.4) is 0 Å². The lowest BCUT2D eigenvalue weighted by molar-refractivity contribution is 0.0681. The number of ether oxygens (including phenoxy) is 3. The molecule has 1 atom stereocenters. The molecule has 0 aliphatic carbocycles. The van der Waals surface area contributed by atoms with Crippen molar-refractivity contribution in [2.24, 2.45) is 4.99 Å². The zero-order valence-corrected chi connectivity index (χ0v) is 18.9. The molecule has 0 bridgehead atoms. The summed E-state index contributed by atoms with van der Waals surface area (Å²) in [6.07, 6.45) is 11.6. The lowest BCUT2D eigenvalue weighted by Gasteiger charge is -2.23. The first-order valence-electron chi connectivity index (χ1n) is 11.5. The molecule has 0 aromatic heterocycles. The van der Waals surface area contributed by atoms with Crippen LogP contribution in [0.2, 0.25) is 0 Å². The Morgan fingerprint density at radius 3 is 2.39 bits per heavy atom. The predicted molar refractivity (Wildman–Crippen MR) is 128 cm³/mol. The van der Waals surface area contributed by atoms with Gasteiger partial charge >= 0.3 is 0 Å². The zero-order chi connectivity index (χ0) is 21.7. The Labute approximate surface area is 187 Å². The molecule has 0 N–H and O–H groups in total. The zero-order valence-electron chi connectivity index (χ0n) is 18.9. The Balaban J connectivity index is 1.41. The smallest absolute Gasteiger partial charge is 0.143 e. The molecule has 1 aliphatic rings. The van der Waals surface area contributed by atoms with Crippen LogP contribution in [0.15, 0.2) is 65.2 Å². The summed E-state index contributed by atoms with van der Waals surface area (Å²) in [5.74, 6) is 1.75. The van der Waals surface area contributed by atoms with E-state index >= 15 is 0 Å². The van der Waals surface area contributed by atoms with Gasteiger partial charge in [0.2, 0.25) is 0 Å². The number of nitrogens with zero attached hydrogens (tertiary/aromatic N) is 1. The standard InChI is InChI=1S/C27H35NO3/c1-3-4-5-6-7-8-18-30-25-13-9-23(10-14-25)20-28-24-11-15-26(16-12-24)31-27-21-29-19-17-22(27)2/h9-17,20,27H,3-8,18-19,21H2,1-2H3/t27-/m1/s1. The van der Waals surface area contributed by atoms with Crippen LogP contribution in [0.25, 0.3) is 0 Å². The second kappa shape index (κ2) is 13.0. The van der Waals surface area contributed by atoms with Crippen molar-refractivity contribution >= 4 is 11.9 Å². The molecule has 4 heteroatoms. The van der Waals surface area contributed by atoms with E-state index in [9.17, 15) is 0 Å². The molecule has 0 unspecified atom stereocenters. The third-order valence-electron chi connectivity index (χ3n) is 5.42. The second-order valence-electron chi connectivity index (χ2n) is 8.03. The van der Waals surface area contributed by atoms with E-state index in [1.165, 1.54) is 37.7 Å². The summed E-state index contributed by atoms with van der Waals surface area (Å²) in [6, 6.07) is 15.9. The molecule has 166 valence electrons. The summed E-state index contributed by atoms with van der Waals surface area (Å²) in [7, 11) is 0. The maximum atomic E-state index is 6.00. The highest BCUT2D eigenvalue weighted by molar-refractivity contribution is 5.82. The minimum absolute atomic E-state index is 0.00936. The van der Waals surface area contributed by atoms with Gasteiger partial charge in [-0.05, 0) is 73.0 Å². The summed E-state index contributed by atoms with van der Waals surface area (Å²) in [5.41, 5.74) is 3.16. The van der Waals surface area contributed by atoms with Crippen molar-refractivity contribution in [3.8, 4) is 11.5 Å². The quantitative estimate of drug-likeness (QED) is 0.213. The van der Waals surface area contributed by atoms with E-state index in [-0.39, 0.29) is 6.10 Å². The van der Waals surface area contributed by atoms with Gasteiger partial charge in [0.25, 0.3) is 0 Å². The molecular weight excluding hydrogens is 386 g/mol. The van der Waals surface area contributed by atoms with Gasteiger partial charge < -0.3 is 14.2 Å². The van der Waals surface area contributed by atoms with Crippen molar-refractivity contribution in [2.75, 3.05) is 19.8 Å². The van der Waals surface area contributed by atoms with Gasteiger partial charge in [-0.1, -0.05) is 45.1 Å². The molecular formula is C27H35NO3.